The van der Waals surface area contributed by atoms with Crippen LogP contribution in [-0.4, -0.2) is 87.5 Å². The minimum Gasteiger partial charge on any atom is -0.456 e. The second-order valence-corrected chi connectivity index (χ2v) is 6.59. The molecule has 10 nitrogen and oxygen atoms in total. The van der Waals surface area contributed by atoms with Gasteiger partial charge >= 0.3 is 17.9 Å². The molecule has 0 aromatic heterocycles. The highest BCUT2D eigenvalue weighted by atomic mass is 35.5. The summed E-state index contributed by atoms with van der Waals surface area (Å²) in [5.74, 6) is -1.44. The SMILES string of the molecule is CC(=O)OC1[C@H](OC(C)=O)C(OCCOCCOCCCl)O[C@@H](C)[C@@H]1OC(C)=O. The maximum atomic E-state index is 11.6. The molecule has 0 aromatic carbocycles. The number of alkyl halides is 1. The molecule has 0 bridgehead atoms. The van der Waals surface area contributed by atoms with Gasteiger partial charge in [-0.05, 0) is 6.92 Å². The van der Waals surface area contributed by atoms with Crippen molar-refractivity contribution in [1.29, 1.82) is 0 Å². The minimum absolute atomic E-state index is 0.121. The van der Waals surface area contributed by atoms with Crippen LogP contribution in [0, 0.1) is 0 Å². The number of hydrogen-bond donors (Lipinski definition) is 0. The average molecular weight is 441 g/mol. The molecule has 5 atom stereocenters. The first kappa shape index (κ1) is 25.6. The second kappa shape index (κ2) is 13.7. The summed E-state index contributed by atoms with van der Waals surface area (Å²) in [6.45, 7) is 6.81. The van der Waals surface area contributed by atoms with Gasteiger partial charge in [0.05, 0.1) is 39.1 Å². The smallest absolute Gasteiger partial charge is 0.303 e. The Morgan fingerprint density at radius 3 is 1.79 bits per heavy atom. The summed E-state index contributed by atoms with van der Waals surface area (Å²) in [6.07, 6.45) is -4.88. The van der Waals surface area contributed by atoms with Crippen LogP contribution in [0.15, 0.2) is 0 Å². The molecule has 0 amide bonds. The van der Waals surface area contributed by atoms with Gasteiger partial charge in [-0.25, -0.2) is 0 Å². The Morgan fingerprint density at radius 2 is 1.24 bits per heavy atom. The van der Waals surface area contributed by atoms with E-state index < -0.39 is 48.6 Å². The number of rotatable bonds is 12. The highest BCUT2D eigenvalue weighted by Crippen LogP contribution is 2.29. The van der Waals surface area contributed by atoms with E-state index in [0.29, 0.717) is 25.7 Å². The molecule has 2 unspecified atom stereocenters. The Morgan fingerprint density at radius 1 is 0.759 bits per heavy atom. The Hall–Kier alpha value is -1.46. The average Bonchev–Trinajstić information content (AvgIpc) is 2.62. The van der Waals surface area contributed by atoms with E-state index in [2.05, 4.69) is 0 Å². The van der Waals surface area contributed by atoms with Crippen LogP contribution in [0.4, 0.5) is 0 Å². The molecule has 1 saturated heterocycles. The van der Waals surface area contributed by atoms with Gasteiger partial charge in [0.15, 0.2) is 24.6 Å². The van der Waals surface area contributed by atoms with E-state index in [4.69, 9.17) is 44.8 Å². The van der Waals surface area contributed by atoms with Crippen LogP contribution in [0.25, 0.3) is 0 Å². The predicted octanol–water partition coefficient (Wildman–Crippen LogP) is 0.815. The third kappa shape index (κ3) is 9.72. The molecule has 11 heteroatoms. The van der Waals surface area contributed by atoms with Crippen molar-refractivity contribution in [3.8, 4) is 0 Å². The van der Waals surface area contributed by atoms with Crippen LogP contribution in [0.2, 0.25) is 0 Å². The molecule has 0 saturated carbocycles. The lowest BCUT2D eigenvalue weighted by Crippen LogP contribution is -2.61. The molecule has 1 aliphatic heterocycles. The number of ether oxygens (including phenoxy) is 7. The van der Waals surface area contributed by atoms with Crippen molar-refractivity contribution in [2.75, 3.05) is 38.9 Å². The van der Waals surface area contributed by atoms with Crippen molar-refractivity contribution in [2.24, 2.45) is 0 Å². The number of carbonyl (C=O) groups excluding carboxylic acids is 3. The molecule has 0 radical (unpaired) electrons. The first-order valence-corrected chi connectivity index (χ1v) is 9.79. The highest BCUT2D eigenvalue weighted by molar-refractivity contribution is 6.17. The van der Waals surface area contributed by atoms with Crippen LogP contribution < -0.4 is 0 Å². The van der Waals surface area contributed by atoms with Gasteiger partial charge in [0.25, 0.3) is 0 Å². The molecule has 0 aliphatic carbocycles. The molecule has 168 valence electrons. The summed E-state index contributed by atoms with van der Waals surface area (Å²) in [6, 6.07) is 0. The monoisotopic (exact) mass is 440 g/mol. The van der Waals surface area contributed by atoms with E-state index in [1.807, 2.05) is 0 Å². The normalized spacial score (nSPS) is 26.6. The van der Waals surface area contributed by atoms with Crippen molar-refractivity contribution in [2.45, 2.75) is 58.4 Å². The van der Waals surface area contributed by atoms with Crippen molar-refractivity contribution in [3.05, 3.63) is 0 Å². The topological polar surface area (TPSA) is 116 Å². The standard InChI is InChI=1S/C18H29ClO10/c1-11-15(27-12(2)20)16(28-13(3)21)17(29-14(4)22)18(26-11)25-10-9-24-8-7-23-6-5-19/h11,15-18H,5-10H2,1-4H3/t11-,15-,16?,17-,18?/m0/s1. The number of halogens is 1. The Bertz CT molecular complexity index is 529. The maximum Gasteiger partial charge on any atom is 0.303 e. The van der Waals surface area contributed by atoms with Gasteiger partial charge in [0, 0.05) is 26.7 Å². The zero-order valence-corrected chi connectivity index (χ0v) is 17.8. The number of carbonyl (C=O) groups is 3. The predicted molar refractivity (Wildman–Crippen MR) is 99.3 cm³/mol. The van der Waals surface area contributed by atoms with Gasteiger partial charge in [-0.1, -0.05) is 0 Å². The van der Waals surface area contributed by atoms with Crippen LogP contribution in [-0.2, 0) is 47.5 Å². The molecule has 1 heterocycles. The zero-order valence-electron chi connectivity index (χ0n) is 17.1. The van der Waals surface area contributed by atoms with Crippen LogP contribution in [0.1, 0.15) is 27.7 Å². The molecular weight excluding hydrogens is 412 g/mol. The van der Waals surface area contributed by atoms with Gasteiger partial charge in [-0.2, -0.15) is 0 Å². The molecule has 0 N–H and O–H groups in total. The Labute approximate surface area is 175 Å². The van der Waals surface area contributed by atoms with Crippen LogP contribution in [0.3, 0.4) is 0 Å². The van der Waals surface area contributed by atoms with Crippen molar-refractivity contribution < 1.29 is 47.5 Å². The molecule has 1 rings (SSSR count). The van der Waals surface area contributed by atoms with Gasteiger partial charge in [0.2, 0.25) is 0 Å². The lowest BCUT2D eigenvalue weighted by atomic mass is 9.99. The summed E-state index contributed by atoms with van der Waals surface area (Å²) in [5.41, 5.74) is 0. The van der Waals surface area contributed by atoms with Gasteiger partial charge in [-0.3, -0.25) is 14.4 Å². The van der Waals surface area contributed by atoms with Crippen LogP contribution >= 0.6 is 11.6 Å². The molecule has 29 heavy (non-hydrogen) atoms. The molecular formula is C18H29ClO10. The van der Waals surface area contributed by atoms with E-state index in [9.17, 15) is 14.4 Å². The van der Waals surface area contributed by atoms with Gasteiger partial charge in [-0.15, -0.1) is 11.6 Å². The summed E-state index contributed by atoms with van der Waals surface area (Å²) in [4.78, 5) is 34.6. The summed E-state index contributed by atoms with van der Waals surface area (Å²) in [5, 5.41) is 0. The summed E-state index contributed by atoms with van der Waals surface area (Å²) in [7, 11) is 0. The Balaban J connectivity index is 2.72. The maximum absolute atomic E-state index is 11.6. The van der Waals surface area contributed by atoms with E-state index in [-0.39, 0.29) is 13.2 Å². The first-order valence-electron chi connectivity index (χ1n) is 9.26. The lowest BCUT2D eigenvalue weighted by Gasteiger charge is -2.43. The van der Waals surface area contributed by atoms with E-state index in [1.54, 1.807) is 6.92 Å². The molecule has 0 aromatic rings. The van der Waals surface area contributed by atoms with Crippen LogP contribution in [0.5, 0.6) is 0 Å². The third-order valence-corrected chi connectivity index (χ3v) is 3.89. The summed E-state index contributed by atoms with van der Waals surface area (Å²) < 4.78 is 37.7. The number of hydrogen-bond acceptors (Lipinski definition) is 10. The van der Waals surface area contributed by atoms with Crippen molar-refractivity contribution >= 4 is 29.5 Å². The minimum atomic E-state index is -1.12. The number of esters is 3. The molecule has 1 fully saturated rings. The largest absolute Gasteiger partial charge is 0.456 e. The Kier molecular flexibility index (Phi) is 12.1. The van der Waals surface area contributed by atoms with Gasteiger partial charge in [0.1, 0.15) is 0 Å². The fourth-order valence-corrected chi connectivity index (χ4v) is 2.81. The van der Waals surface area contributed by atoms with Gasteiger partial charge < -0.3 is 33.2 Å². The first-order chi connectivity index (χ1) is 13.8. The van der Waals surface area contributed by atoms with E-state index >= 15 is 0 Å². The highest BCUT2D eigenvalue weighted by Gasteiger charge is 2.50. The van der Waals surface area contributed by atoms with Crippen molar-refractivity contribution in [3.63, 3.8) is 0 Å². The third-order valence-electron chi connectivity index (χ3n) is 3.74. The second-order valence-electron chi connectivity index (χ2n) is 6.22. The fraction of sp³-hybridized carbons (Fsp3) is 0.833. The van der Waals surface area contributed by atoms with E-state index in [1.165, 1.54) is 20.8 Å². The zero-order chi connectivity index (χ0) is 21.8. The lowest BCUT2D eigenvalue weighted by molar-refractivity contribution is -0.302. The van der Waals surface area contributed by atoms with E-state index in [0.717, 1.165) is 0 Å². The molecule has 1 aliphatic rings. The molecule has 0 spiro atoms. The fourth-order valence-electron chi connectivity index (χ4n) is 2.70. The summed E-state index contributed by atoms with van der Waals surface area (Å²) >= 11 is 5.50. The van der Waals surface area contributed by atoms with Crippen molar-refractivity contribution in [1.82, 2.24) is 0 Å². The quantitative estimate of drug-likeness (QED) is 0.187.